The number of rotatable bonds is 2. The van der Waals surface area contributed by atoms with Gasteiger partial charge in [0.25, 0.3) is 0 Å². The number of carbonyl (C=O) groups is 1. The van der Waals surface area contributed by atoms with Gasteiger partial charge in [-0.2, -0.15) is 0 Å². The van der Waals surface area contributed by atoms with Crippen molar-refractivity contribution in [3.63, 3.8) is 0 Å². The Kier molecular flexibility index (Phi) is 3.67. The molecule has 124 valence electrons. The van der Waals surface area contributed by atoms with Crippen LogP contribution in [0.3, 0.4) is 0 Å². The standard InChI is InChI=1S/C19H11Cl2NO3/c1-9-2-4-13(21)17-12(19(23)24)8-14(22-18(9)17)16-7-10-6-11(20)3-5-15(10)25-16/h2-8H,1H3,(H,23,24). The van der Waals surface area contributed by atoms with E-state index in [1.165, 1.54) is 6.07 Å². The summed E-state index contributed by atoms with van der Waals surface area (Å²) in [6.45, 7) is 1.86. The van der Waals surface area contributed by atoms with Crippen LogP contribution in [-0.4, -0.2) is 16.1 Å². The molecule has 0 radical (unpaired) electrons. The topological polar surface area (TPSA) is 63.3 Å². The number of halogens is 2. The van der Waals surface area contributed by atoms with Gasteiger partial charge < -0.3 is 9.52 Å². The van der Waals surface area contributed by atoms with Crippen LogP contribution in [0.5, 0.6) is 0 Å². The lowest BCUT2D eigenvalue weighted by atomic mass is 10.0. The summed E-state index contributed by atoms with van der Waals surface area (Å²) in [4.78, 5) is 16.3. The van der Waals surface area contributed by atoms with Crippen LogP contribution in [0.1, 0.15) is 15.9 Å². The minimum atomic E-state index is -1.07. The van der Waals surface area contributed by atoms with Gasteiger partial charge in [-0.1, -0.05) is 29.3 Å². The number of benzene rings is 2. The van der Waals surface area contributed by atoms with Crippen molar-refractivity contribution in [1.29, 1.82) is 0 Å². The third-order valence-electron chi connectivity index (χ3n) is 4.07. The second-order valence-electron chi connectivity index (χ2n) is 5.74. The Balaban J connectivity index is 2.04. The minimum Gasteiger partial charge on any atom is -0.478 e. The van der Waals surface area contributed by atoms with Crippen LogP contribution in [0.2, 0.25) is 10.0 Å². The van der Waals surface area contributed by atoms with E-state index in [1.807, 2.05) is 13.0 Å². The number of nitrogens with zero attached hydrogens (tertiary/aromatic N) is 1. The predicted molar refractivity (Wildman–Crippen MR) is 98.7 cm³/mol. The second-order valence-corrected chi connectivity index (χ2v) is 6.58. The van der Waals surface area contributed by atoms with E-state index in [1.54, 1.807) is 30.3 Å². The number of carboxylic acid groups (broad SMARTS) is 1. The molecule has 0 amide bonds. The summed E-state index contributed by atoms with van der Waals surface area (Å²) in [6, 6.07) is 12.0. The molecule has 0 saturated carbocycles. The smallest absolute Gasteiger partial charge is 0.336 e. The highest BCUT2D eigenvalue weighted by Gasteiger charge is 2.18. The highest BCUT2D eigenvalue weighted by Crippen LogP contribution is 2.34. The molecule has 0 bridgehead atoms. The summed E-state index contributed by atoms with van der Waals surface area (Å²) in [7, 11) is 0. The first-order valence-electron chi connectivity index (χ1n) is 7.46. The summed E-state index contributed by atoms with van der Waals surface area (Å²) in [6.07, 6.45) is 0. The molecule has 0 aliphatic carbocycles. The number of hydrogen-bond acceptors (Lipinski definition) is 3. The molecular formula is C19H11Cl2NO3. The molecule has 6 heteroatoms. The molecular weight excluding hydrogens is 361 g/mol. The molecule has 0 fully saturated rings. The molecule has 2 aromatic heterocycles. The first kappa shape index (κ1) is 15.9. The predicted octanol–water partition coefficient (Wildman–Crippen LogP) is 5.96. The van der Waals surface area contributed by atoms with Crippen LogP contribution in [-0.2, 0) is 0 Å². The van der Waals surface area contributed by atoms with E-state index in [4.69, 9.17) is 27.6 Å². The SMILES string of the molecule is Cc1ccc(Cl)c2c(C(=O)O)cc(-c3cc4cc(Cl)ccc4o3)nc12. The Morgan fingerprint density at radius 1 is 1.12 bits per heavy atom. The molecule has 0 aliphatic rings. The lowest BCUT2D eigenvalue weighted by Gasteiger charge is -2.09. The van der Waals surface area contributed by atoms with Crippen molar-refractivity contribution in [3.8, 4) is 11.5 Å². The van der Waals surface area contributed by atoms with Gasteiger partial charge in [-0.25, -0.2) is 9.78 Å². The van der Waals surface area contributed by atoms with Gasteiger partial charge in [0, 0.05) is 15.8 Å². The average molecular weight is 372 g/mol. The number of aromatic nitrogens is 1. The Morgan fingerprint density at radius 3 is 2.68 bits per heavy atom. The normalized spacial score (nSPS) is 11.3. The lowest BCUT2D eigenvalue weighted by Crippen LogP contribution is -2.01. The van der Waals surface area contributed by atoms with Gasteiger partial charge in [0.15, 0.2) is 5.76 Å². The Bertz CT molecular complexity index is 1160. The maximum Gasteiger partial charge on any atom is 0.336 e. The van der Waals surface area contributed by atoms with Gasteiger partial charge in [0.1, 0.15) is 11.3 Å². The fourth-order valence-electron chi connectivity index (χ4n) is 2.87. The zero-order chi connectivity index (χ0) is 17.7. The molecule has 4 rings (SSSR count). The van der Waals surface area contributed by atoms with E-state index in [0.717, 1.165) is 10.9 Å². The molecule has 0 aliphatic heterocycles. The van der Waals surface area contributed by atoms with E-state index in [-0.39, 0.29) is 5.56 Å². The third-order valence-corrected chi connectivity index (χ3v) is 4.62. The van der Waals surface area contributed by atoms with Crippen molar-refractivity contribution in [2.24, 2.45) is 0 Å². The molecule has 4 aromatic rings. The molecule has 0 unspecified atom stereocenters. The Labute approximate surface area is 152 Å². The molecule has 0 saturated heterocycles. The first-order chi connectivity index (χ1) is 11.9. The van der Waals surface area contributed by atoms with Crippen molar-refractivity contribution in [3.05, 3.63) is 63.6 Å². The van der Waals surface area contributed by atoms with E-state index >= 15 is 0 Å². The van der Waals surface area contributed by atoms with Gasteiger partial charge in [0.05, 0.1) is 16.1 Å². The molecule has 2 aromatic carbocycles. The fraction of sp³-hybridized carbons (Fsp3) is 0.0526. The lowest BCUT2D eigenvalue weighted by molar-refractivity contribution is 0.0699. The summed E-state index contributed by atoms with van der Waals surface area (Å²) < 4.78 is 5.82. The van der Waals surface area contributed by atoms with Gasteiger partial charge >= 0.3 is 5.97 Å². The molecule has 2 heterocycles. The van der Waals surface area contributed by atoms with E-state index < -0.39 is 5.97 Å². The Morgan fingerprint density at radius 2 is 1.92 bits per heavy atom. The number of aryl methyl sites for hydroxylation is 1. The number of hydrogen-bond donors (Lipinski definition) is 1. The number of carboxylic acids is 1. The zero-order valence-corrected chi connectivity index (χ0v) is 14.5. The zero-order valence-electron chi connectivity index (χ0n) is 13.0. The first-order valence-corrected chi connectivity index (χ1v) is 8.22. The highest BCUT2D eigenvalue weighted by molar-refractivity contribution is 6.36. The van der Waals surface area contributed by atoms with Crippen molar-refractivity contribution in [2.45, 2.75) is 6.92 Å². The van der Waals surface area contributed by atoms with E-state index in [9.17, 15) is 9.90 Å². The van der Waals surface area contributed by atoms with Gasteiger partial charge in [-0.05, 0) is 48.9 Å². The monoisotopic (exact) mass is 371 g/mol. The van der Waals surface area contributed by atoms with Gasteiger partial charge in [-0.15, -0.1) is 0 Å². The van der Waals surface area contributed by atoms with Gasteiger partial charge in [0.2, 0.25) is 0 Å². The molecule has 4 nitrogen and oxygen atoms in total. The maximum atomic E-state index is 11.7. The van der Waals surface area contributed by atoms with Crippen LogP contribution in [0.4, 0.5) is 0 Å². The number of fused-ring (bicyclic) bond motifs is 2. The van der Waals surface area contributed by atoms with E-state index in [2.05, 4.69) is 4.98 Å². The number of furan rings is 1. The fourth-order valence-corrected chi connectivity index (χ4v) is 3.30. The van der Waals surface area contributed by atoms with Crippen LogP contribution >= 0.6 is 23.2 Å². The van der Waals surface area contributed by atoms with Crippen LogP contribution in [0.25, 0.3) is 33.3 Å². The van der Waals surface area contributed by atoms with E-state index in [0.29, 0.717) is 38.0 Å². The van der Waals surface area contributed by atoms with Crippen molar-refractivity contribution >= 4 is 51.0 Å². The van der Waals surface area contributed by atoms with Crippen LogP contribution < -0.4 is 0 Å². The largest absolute Gasteiger partial charge is 0.478 e. The minimum absolute atomic E-state index is 0.0900. The Hall–Kier alpha value is -2.56. The molecule has 1 N–H and O–H groups in total. The van der Waals surface area contributed by atoms with Crippen molar-refractivity contribution in [2.75, 3.05) is 0 Å². The average Bonchev–Trinajstić information content (AvgIpc) is 3.00. The van der Waals surface area contributed by atoms with Crippen LogP contribution in [0.15, 0.2) is 46.9 Å². The number of aromatic carboxylic acids is 1. The van der Waals surface area contributed by atoms with Crippen LogP contribution in [0, 0.1) is 6.92 Å². The quantitative estimate of drug-likeness (QED) is 0.471. The summed E-state index contributed by atoms with van der Waals surface area (Å²) >= 11 is 12.2. The second kappa shape index (κ2) is 5.76. The van der Waals surface area contributed by atoms with Crippen molar-refractivity contribution in [1.82, 2.24) is 4.98 Å². The summed E-state index contributed by atoms with van der Waals surface area (Å²) in [5.41, 5.74) is 2.56. The molecule has 0 atom stereocenters. The molecule has 25 heavy (non-hydrogen) atoms. The summed E-state index contributed by atoms with van der Waals surface area (Å²) in [5.74, 6) is -0.596. The third kappa shape index (κ3) is 2.64. The summed E-state index contributed by atoms with van der Waals surface area (Å²) in [5, 5.41) is 11.8. The van der Waals surface area contributed by atoms with Gasteiger partial charge in [-0.3, -0.25) is 0 Å². The maximum absolute atomic E-state index is 11.7. The molecule has 0 spiro atoms. The highest BCUT2D eigenvalue weighted by atomic mass is 35.5. The number of pyridine rings is 1. The van der Waals surface area contributed by atoms with Crippen molar-refractivity contribution < 1.29 is 14.3 Å².